The lowest BCUT2D eigenvalue weighted by atomic mass is 9.96. The standard InChI is InChI=1S/C21H18BrClN2O3/c22-16-8-6-15(7-9-16)21(26)13-19(14-4-2-1-3-5-14)24-17-10-11-18(23)20(12-17)25(27)28/h1-12,19,21,24,26H,13H2/t19-,21-/m1/s1. The lowest BCUT2D eigenvalue weighted by Crippen LogP contribution is -2.15. The number of aliphatic hydroxyl groups excluding tert-OH is 1. The Morgan fingerprint density at radius 3 is 2.36 bits per heavy atom. The minimum Gasteiger partial charge on any atom is -0.388 e. The van der Waals surface area contributed by atoms with Crippen molar-refractivity contribution in [3.63, 3.8) is 0 Å². The number of nitro benzene ring substituents is 1. The molecule has 2 N–H and O–H groups in total. The van der Waals surface area contributed by atoms with E-state index < -0.39 is 11.0 Å². The molecule has 0 bridgehead atoms. The average molecular weight is 462 g/mol. The number of nitrogens with one attached hydrogen (secondary N) is 1. The monoisotopic (exact) mass is 460 g/mol. The molecule has 0 amide bonds. The highest BCUT2D eigenvalue weighted by molar-refractivity contribution is 9.10. The van der Waals surface area contributed by atoms with Gasteiger partial charge in [0, 0.05) is 22.6 Å². The summed E-state index contributed by atoms with van der Waals surface area (Å²) in [6.45, 7) is 0. The van der Waals surface area contributed by atoms with Crippen LogP contribution in [-0.2, 0) is 0 Å². The minimum atomic E-state index is -0.701. The zero-order chi connectivity index (χ0) is 20.1. The van der Waals surface area contributed by atoms with Crippen LogP contribution in [0.1, 0.15) is 29.7 Å². The number of nitrogens with zero attached hydrogens (tertiary/aromatic N) is 1. The lowest BCUT2D eigenvalue weighted by molar-refractivity contribution is -0.384. The van der Waals surface area contributed by atoms with Crippen molar-refractivity contribution in [3.8, 4) is 0 Å². The van der Waals surface area contributed by atoms with Crippen LogP contribution in [0.4, 0.5) is 11.4 Å². The van der Waals surface area contributed by atoms with Gasteiger partial charge in [-0.3, -0.25) is 10.1 Å². The highest BCUT2D eigenvalue weighted by atomic mass is 79.9. The molecule has 2 atom stereocenters. The first-order valence-corrected chi connectivity index (χ1v) is 9.80. The molecule has 0 aromatic heterocycles. The van der Waals surface area contributed by atoms with Crippen LogP contribution in [0.25, 0.3) is 0 Å². The predicted molar refractivity (Wildman–Crippen MR) is 115 cm³/mol. The van der Waals surface area contributed by atoms with Crippen LogP contribution in [-0.4, -0.2) is 10.0 Å². The highest BCUT2D eigenvalue weighted by Gasteiger charge is 2.20. The fraction of sp³-hybridized carbons (Fsp3) is 0.143. The number of anilines is 1. The van der Waals surface area contributed by atoms with Gasteiger partial charge in [0.1, 0.15) is 5.02 Å². The molecular weight excluding hydrogens is 444 g/mol. The van der Waals surface area contributed by atoms with E-state index in [0.717, 1.165) is 15.6 Å². The van der Waals surface area contributed by atoms with Crippen LogP contribution in [0.2, 0.25) is 5.02 Å². The van der Waals surface area contributed by atoms with E-state index in [0.29, 0.717) is 12.1 Å². The van der Waals surface area contributed by atoms with Crippen molar-refractivity contribution in [1.82, 2.24) is 0 Å². The molecule has 5 nitrogen and oxygen atoms in total. The van der Waals surface area contributed by atoms with E-state index in [-0.39, 0.29) is 16.8 Å². The SMILES string of the molecule is O=[N+]([O-])c1cc(N[C@H](C[C@@H](O)c2ccc(Br)cc2)c2ccccc2)ccc1Cl. The second-order valence-corrected chi connectivity index (χ2v) is 7.66. The largest absolute Gasteiger partial charge is 0.388 e. The normalized spacial score (nSPS) is 13.0. The zero-order valence-corrected chi connectivity index (χ0v) is 17.1. The average Bonchev–Trinajstić information content (AvgIpc) is 2.69. The number of nitro groups is 1. The Morgan fingerprint density at radius 2 is 1.71 bits per heavy atom. The quantitative estimate of drug-likeness (QED) is 0.320. The number of halogens is 2. The highest BCUT2D eigenvalue weighted by Crippen LogP contribution is 2.33. The smallest absolute Gasteiger partial charge is 0.289 e. The van der Waals surface area contributed by atoms with Gasteiger partial charge in [0.25, 0.3) is 5.69 Å². The molecule has 0 unspecified atom stereocenters. The van der Waals surface area contributed by atoms with Crippen LogP contribution in [0.15, 0.2) is 77.3 Å². The maximum Gasteiger partial charge on any atom is 0.289 e. The van der Waals surface area contributed by atoms with Gasteiger partial charge in [0.2, 0.25) is 0 Å². The second-order valence-electron chi connectivity index (χ2n) is 6.33. The van der Waals surface area contributed by atoms with E-state index in [1.165, 1.54) is 12.1 Å². The molecule has 0 saturated heterocycles. The van der Waals surface area contributed by atoms with E-state index >= 15 is 0 Å². The summed E-state index contributed by atoms with van der Waals surface area (Å²) in [6, 6.07) is 21.5. The van der Waals surface area contributed by atoms with Crippen molar-refractivity contribution in [3.05, 3.63) is 104 Å². The third-order valence-corrected chi connectivity index (χ3v) is 5.25. The summed E-state index contributed by atoms with van der Waals surface area (Å²) < 4.78 is 0.939. The lowest BCUT2D eigenvalue weighted by Gasteiger charge is -2.23. The molecule has 7 heteroatoms. The molecule has 0 spiro atoms. The van der Waals surface area contributed by atoms with Gasteiger partial charge in [0.05, 0.1) is 17.1 Å². The number of rotatable bonds is 7. The van der Waals surface area contributed by atoms with E-state index in [4.69, 9.17) is 11.6 Å². The maximum absolute atomic E-state index is 11.2. The Hall–Kier alpha value is -2.41. The van der Waals surface area contributed by atoms with Gasteiger partial charge >= 0.3 is 0 Å². The van der Waals surface area contributed by atoms with Gasteiger partial charge in [-0.05, 0) is 35.4 Å². The molecule has 0 radical (unpaired) electrons. The summed E-state index contributed by atoms with van der Waals surface area (Å²) in [7, 11) is 0. The van der Waals surface area contributed by atoms with Crippen molar-refractivity contribution >= 4 is 38.9 Å². The summed E-state index contributed by atoms with van der Waals surface area (Å²) in [5, 5.41) is 25.3. The van der Waals surface area contributed by atoms with Gasteiger partial charge in [-0.15, -0.1) is 0 Å². The maximum atomic E-state index is 11.2. The van der Waals surface area contributed by atoms with Crippen molar-refractivity contribution in [1.29, 1.82) is 0 Å². The zero-order valence-electron chi connectivity index (χ0n) is 14.8. The van der Waals surface area contributed by atoms with Crippen LogP contribution >= 0.6 is 27.5 Å². The summed E-state index contributed by atoms with van der Waals surface area (Å²) in [5.74, 6) is 0. The van der Waals surface area contributed by atoms with Gasteiger partial charge in [-0.1, -0.05) is 70.0 Å². The van der Waals surface area contributed by atoms with Crippen LogP contribution in [0.3, 0.4) is 0 Å². The Kier molecular flexibility index (Phi) is 6.67. The summed E-state index contributed by atoms with van der Waals surface area (Å²) in [4.78, 5) is 10.7. The summed E-state index contributed by atoms with van der Waals surface area (Å²) >= 11 is 9.30. The van der Waals surface area contributed by atoms with E-state index in [9.17, 15) is 15.2 Å². The first-order valence-electron chi connectivity index (χ1n) is 8.63. The summed E-state index contributed by atoms with van der Waals surface area (Å²) in [5.41, 5.74) is 2.17. The third kappa shape index (κ3) is 5.10. The molecule has 3 aromatic carbocycles. The Balaban J connectivity index is 1.87. The topological polar surface area (TPSA) is 75.4 Å². The van der Waals surface area contributed by atoms with Crippen LogP contribution in [0, 0.1) is 10.1 Å². The number of aliphatic hydroxyl groups is 1. The van der Waals surface area contributed by atoms with Crippen molar-refractivity contribution < 1.29 is 10.0 Å². The van der Waals surface area contributed by atoms with Crippen molar-refractivity contribution in [2.45, 2.75) is 18.6 Å². The molecule has 0 fully saturated rings. The van der Waals surface area contributed by atoms with Gasteiger partial charge in [-0.25, -0.2) is 0 Å². The van der Waals surface area contributed by atoms with Crippen molar-refractivity contribution in [2.24, 2.45) is 0 Å². The van der Waals surface area contributed by atoms with Gasteiger partial charge in [0.15, 0.2) is 0 Å². The predicted octanol–water partition coefficient (Wildman–Crippen LogP) is 6.29. The molecule has 28 heavy (non-hydrogen) atoms. The number of hydrogen-bond acceptors (Lipinski definition) is 4. The minimum absolute atomic E-state index is 0.0849. The molecule has 144 valence electrons. The molecule has 0 saturated carbocycles. The fourth-order valence-electron chi connectivity index (χ4n) is 2.95. The Morgan fingerprint density at radius 1 is 1.04 bits per heavy atom. The molecule has 3 aromatic rings. The molecule has 3 rings (SSSR count). The summed E-state index contributed by atoms with van der Waals surface area (Å²) in [6.07, 6.45) is -0.310. The molecule has 0 aliphatic rings. The molecular formula is C21H18BrClN2O3. The first-order chi connectivity index (χ1) is 13.4. The molecule has 0 aliphatic carbocycles. The van der Waals surface area contributed by atoms with Gasteiger partial charge < -0.3 is 10.4 Å². The third-order valence-electron chi connectivity index (χ3n) is 4.40. The Bertz CT molecular complexity index is 952. The number of benzene rings is 3. The van der Waals surface area contributed by atoms with Crippen LogP contribution < -0.4 is 5.32 Å². The first kappa shape index (κ1) is 20.3. The number of hydrogen-bond donors (Lipinski definition) is 2. The molecule has 0 heterocycles. The van der Waals surface area contributed by atoms with E-state index in [1.807, 2.05) is 54.6 Å². The van der Waals surface area contributed by atoms with E-state index in [1.54, 1.807) is 6.07 Å². The molecule has 0 aliphatic heterocycles. The fourth-order valence-corrected chi connectivity index (χ4v) is 3.40. The van der Waals surface area contributed by atoms with Gasteiger partial charge in [-0.2, -0.15) is 0 Å². The van der Waals surface area contributed by atoms with Crippen molar-refractivity contribution in [2.75, 3.05) is 5.32 Å². The van der Waals surface area contributed by atoms with Crippen LogP contribution in [0.5, 0.6) is 0 Å². The Labute approximate surface area is 176 Å². The van der Waals surface area contributed by atoms with E-state index in [2.05, 4.69) is 21.2 Å². The second kappa shape index (κ2) is 9.19.